The van der Waals surface area contributed by atoms with E-state index in [1.807, 2.05) is 51.1 Å². The largest absolute Gasteiger partial charge is 0.444 e. The molecule has 0 spiro atoms. The summed E-state index contributed by atoms with van der Waals surface area (Å²) in [5.41, 5.74) is 1.02. The molecule has 0 radical (unpaired) electrons. The average Bonchev–Trinajstić information content (AvgIpc) is 2.52. The van der Waals surface area contributed by atoms with Crippen LogP contribution in [0.15, 0.2) is 36.5 Å². The molecule has 0 aliphatic rings. The Hall–Kier alpha value is -2.43. The number of rotatable bonds is 6. The Morgan fingerprint density at radius 2 is 1.92 bits per heavy atom. The Labute approximate surface area is 142 Å². The van der Waals surface area contributed by atoms with E-state index in [-0.39, 0.29) is 5.78 Å². The average molecular weight is 328 g/mol. The lowest BCUT2D eigenvalue weighted by Gasteiger charge is -2.19. The zero-order chi connectivity index (χ0) is 17.6. The molecule has 2 rings (SSSR count). The molecule has 0 saturated heterocycles. The van der Waals surface area contributed by atoms with Crippen molar-refractivity contribution >= 4 is 22.8 Å². The van der Waals surface area contributed by atoms with Gasteiger partial charge in [-0.1, -0.05) is 18.2 Å². The first-order chi connectivity index (χ1) is 11.3. The van der Waals surface area contributed by atoms with Gasteiger partial charge in [-0.2, -0.15) is 0 Å². The number of alkyl carbamates (subject to hydrolysis) is 1. The highest BCUT2D eigenvalue weighted by molar-refractivity contribution is 5.98. The summed E-state index contributed by atoms with van der Waals surface area (Å²) in [7, 11) is 0. The molecule has 1 heterocycles. The van der Waals surface area contributed by atoms with Crippen molar-refractivity contribution in [2.24, 2.45) is 0 Å². The van der Waals surface area contributed by atoms with Crippen LogP contribution in [0.2, 0.25) is 0 Å². The molecule has 1 N–H and O–H groups in total. The van der Waals surface area contributed by atoms with E-state index in [4.69, 9.17) is 4.74 Å². The SMILES string of the molecule is CC(C)(C)OC(=O)NCCCCC(=O)c1cnc2ccccc2c1. The lowest BCUT2D eigenvalue weighted by atomic mass is 10.1. The Bertz CT molecular complexity index is 720. The molecule has 0 atom stereocenters. The van der Waals surface area contributed by atoms with Gasteiger partial charge in [0.05, 0.1) is 5.52 Å². The molecule has 0 fully saturated rings. The minimum atomic E-state index is -0.497. The van der Waals surface area contributed by atoms with E-state index in [1.165, 1.54) is 0 Å². The minimum Gasteiger partial charge on any atom is -0.444 e. The fourth-order valence-corrected chi connectivity index (χ4v) is 2.28. The van der Waals surface area contributed by atoms with Gasteiger partial charge in [-0.3, -0.25) is 9.78 Å². The lowest BCUT2D eigenvalue weighted by Crippen LogP contribution is -2.33. The van der Waals surface area contributed by atoms with Crippen LogP contribution < -0.4 is 5.32 Å². The summed E-state index contributed by atoms with van der Waals surface area (Å²) in [6.07, 6.45) is 3.08. The standard InChI is InChI=1S/C19H24N2O3/c1-19(2,3)24-18(23)20-11-7-6-10-17(22)15-12-14-8-4-5-9-16(14)21-13-15/h4-5,8-9,12-13H,6-7,10-11H2,1-3H3,(H,20,23). The third-order valence-corrected chi connectivity index (χ3v) is 3.41. The fourth-order valence-electron chi connectivity index (χ4n) is 2.28. The number of ether oxygens (including phenoxy) is 1. The number of fused-ring (bicyclic) bond motifs is 1. The highest BCUT2D eigenvalue weighted by atomic mass is 16.6. The van der Waals surface area contributed by atoms with Gasteiger partial charge in [0.1, 0.15) is 5.60 Å². The van der Waals surface area contributed by atoms with E-state index >= 15 is 0 Å². The van der Waals surface area contributed by atoms with Crippen LogP contribution in [0.4, 0.5) is 4.79 Å². The minimum absolute atomic E-state index is 0.0746. The second kappa shape index (κ2) is 7.90. The molecule has 1 aromatic heterocycles. The van der Waals surface area contributed by atoms with E-state index in [9.17, 15) is 9.59 Å². The molecular weight excluding hydrogens is 304 g/mol. The van der Waals surface area contributed by atoms with E-state index in [0.29, 0.717) is 24.9 Å². The molecular formula is C19H24N2O3. The van der Waals surface area contributed by atoms with Gasteiger partial charge in [-0.05, 0) is 45.7 Å². The van der Waals surface area contributed by atoms with Crippen molar-refractivity contribution < 1.29 is 14.3 Å². The van der Waals surface area contributed by atoms with Gasteiger partial charge in [0.2, 0.25) is 0 Å². The summed E-state index contributed by atoms with van der Waals surface area (Å²) in [6, 6.07) is 9.61. The summed E-state index contributed by atoms with van der Waals surface area (Å²) in [6.45, 7) is 5.96. The first-order valence-corrected chi connectivity index (χ1v) is 8.20. The second-order valence-electron chi connectivity index (χ2n) is 6.73. The number of nitrogens with zero attached hydrogens (tertiary/aromatic N) is 1. The molecule has 2 aromatic rings. The van der Waals surface area contributed by atoms with E-state index in [2.05, 4.69) is 10.3 Å². The van der Waals surface area contributed by atoms with Crippen molar-refractivity contribution in [3.8, 4) is 0 Å². The molecule has 5 nitrogen and oxygen atoms in total. The highest BCUT2D eigenvalue weighted by Crippen LogP contribution is 2.14. The van der Waals surface area contributed by atoms with E-state index < -0.39 is 11.7 Å². The van der Waals surface area contributed by atoms with Crippen LogP contribution in [0.1, 0.15) is 50.4 Å². The number of carbonyl (C=O) groups is 2. The fraction of sp³-hybridized carbons (Fsp3) is 0.421. The number of para-hydroxylation sites is 1. The van der Waals surface area contributed by atoms with Crippen LogP contribution in [0.3, 0.4) is 0 Å². The van der Waals surface area contributed by atoms with Gasteiger partial charge in [0, 0.05) is 30.1 Å². The van der Waals surface area contributed by atoms with Crippen molar-refractivity contribution in [2.45, 2.75) is 45.6 Å². The topological polar surface area (TPSA) is 68.3 Å². The molecule has 128 valence electrons. The van der Waals surface area contributed by atoms with Gasteiger partial charge in [0.15, 0.2) is 5.78 Å². The van der Waals surface area contributed by atoms with Crippen molar-refractivity contribution in [3.63, 3.8) is 0 Å². The van der Waals surface area contributed by atoms with Crippen molar-refractivity contribution in [1.82, 2.24) is 10.3 Å². The molecule has 1 amide bonds. The normalized spacial score (nSPS) is 11.3. The number of amides is 1. The van der Waals surface area contributed by atoms with Crippen LogP contribution in [0.5, 0.6) is 0 Å². The van der Waals surface area contributed by atoms with Gasteiger partial charge >= 0.3 is 6.09 Å². The maximum atomic E-state index is 12.2. The van der Waals surface area contributed by atoms with Crippen LogP contribution in [-0.4, -0.2) is 29.0 Å². The van der Waals surface area contributed by atoms with Crippen LogP contribution >= 0.6 is 0 Å². The molecule has 24 heavy (non-hydrogen) atoms. The quantitative estimate of drug-likeness (QED) is 0.640. The first kappa shape index (κ1) is 17.9. The number of hydrogen-bond acceptors (Lipinski definition) is 4. The van der Waals surface area contributed by atoms with E-state index in [1.54, 1.807) is 6.20 Å². The van der Waals surface area contributed by atoms with Crippen molar-refractivity contribution in [2.75, 3.05) is 6.54 Å². The molecule has 0 saturated carbocycles. The smallest absolute Gasteiger partial charge is 0.407 e. The monoisotopic (exact) mass is 328 g/mol. The van der Waals surface area contributed by atoms with Crippen LogP contribution in [0.25, 0.3) is 10.9 Å². The predicted octanol–water partition coefficient (Wildman–Crippen LogP) is 4.11. The summed E-state index contributed by atoms with van der Waals surface area (Å²) < 4.78 is 5.15. The number of unbranched alkanes of at least 4 members (excludes halogenated alkanes) is 1. The van der Waals surface area contributed by atoms with Gasteiger partial charge in [-0.25, -0.2) is 4.79 Å². The lowest BCUT2D eigenvalue weighted by molar-refractivity contribution is 0.0527. The number of pyridine rings is 1. The zero-order valence-corrected chi connectivity index (χ0v) is 14.5. The van der Waals surface area contributed by atoms with Crippen molar-refractivity contribution in [3.05, 3.63) is 42.1 Å². The number of nitrogens with one attached hydrogen (secondary N) is 1. The molecule has 1 aromatic carbocycles. The Morgan fingerprint density at radius 3 is 2.67 bits per heavy atom. The third kappa shape index (κ3) is 5.65. The number of benzene rings is 1. The number of Topliss-reactive ketones (excluding diaryl/α,β-unsaturated/α-hetero) is 1. The highest BCUT2D eigenvalue weighted by Gasteiger charge is 2.15. The Kier molecular flexibility index (Phi) is 5.90. The van der Waals surface area contributed by atoms with Gasteiger partial charge < -0.3 is 10.1 Å². The van der Waals surface area contributed by atoms with Gasteiger partial charge in [0.25, 0.3) is 0 Å². The van der Waals surface area contributed by atoms with E-state index in [0.717, 1.165) is 17.3 Å². The predicted molar refractivity (Wildman–Crippen MR) is 94.2 cm³/mol. The number of ketones is 1. The summed E-state index contributed by atoms with van der Waals surface area (Å²) in [5.74, 6) is 0.0746. The Balaban J connectivity index is 1.74. The summed E-state index contributed by atoms with van der Waals surface area (Å²) in [5, 5.41) is 3.66. The number of aromatic nitrogens is 1. The number of hydrogen-bond donors (Lipinski definition) is 1. The Morgan fingerprint density at radius 1 is 1.17 bits per heavy atom. The first-order valence-electron chi connectivity index (χ1n) is 8.20. The molecule has 0 aliphatic heterocycles. The van der Waals surface area contributed by atoms with Crippen LogP contribution in [0, 0.1) is 0 Å². The number of carbonyl (C=O) groups excluding carboxylic acids is 2. The summed E-state index contributed by atoms with van der Waals surface area (Å²) in [4.78, 5) is 28.0. The van der Waals surface area contributed by atoms with Crippen LogP contribution in [-0.2, 0) is 4.74 Å². The second-order valence-corrected chi connectivity index (χ2v) is 6.73. The molecule has 0 aliphatic carbocycles. The maximum Gasteiger partial charge on any atom is 0.407 e. The van der Waals surface area contributed by atoms with Gasteiger partial charge in [-0.15, -0.1) is 0 Å². The zero-order valence-electron chi connectivity index (χ0n) is 14.5. The van der Waals surface area contributed by atoms with Crippen molar-refractivity contribution in [1.29, 1.82) is 0 Å². The molecule has 0 unspecified atom stereocenters. The third-order valence-electron chi connectivity index (χ3n) is 3.41. The maximum absolute atomic E-state index is 12.2. The molecule has 5 heteroatoms. The summed E-state index contributed by atoms with van der Waals surface area (Å²) >= 11 is 0. The molecule has 0 bridgehead atoms.